The lowest BCUT2D eigenvalue weighted by Crippen LogP contribution is -2.32. The molecule has 0 aromatic rings. The number of carbonyl (C=O) groups is 2. The predicted molar refractivity (Wildman–Crippen MR) is 86.7 cm³/mol. The Morgan fingerprint density at radius 3 is 2.09 bits per heavy atom. The minimum absolute atomic E-state index is 0.268. The van der Waals surface area contributed by atoms with Crippen molar-refractivity contribution in [3.8, 4) is 0 Å². The summed E-state index contributed by atoms with van der Waals surface area (Å²) in [5, 5.41) is 2.58. The molecule has 1 atom stereocenters. The summed E-state index contributed by atoms with van der Waals surface area (Å²) in [6, 6.07) is 0. The molecule has 1 amide bonds. The van der Waals surface area contributed by atoms with Gasteiger partial charge in [0.25, 0.3) is 0 Å². The molecule has 0 aliphatic rings. The molecule has 0 aliphatic heterocycles. The first kappa shape index (κ1) is 22.7. The van der Waals surface area contributed by atoms with Gasteiger partial charge in [-0.25, -0.2) is 4.79 Å². The summed E-state index contributed by atoms with van der Waals surface area (Å²) >= 11 is 0. The molecule has 0 rings (SSSR count). The molecule has 0 aliphatic carbocycles. The Hall–Kier alpha value is -1.56. The van der Waals surface area contributed by atoms with Crippen LogP contribution in [-0.4, -0.2) is 45.0 Å². The number of esters is 1. The van der Waals surface area contributed by atoms with Crippen molar-refractivity contribution in [1.82, 2.24) is 5.32 Å². The van der Waals surface area contributed by atoms with E-state index >= 15 is 0 Å². The summed E-state index contributed by atoms with van der Waals surface area (Å²) in [7, 11) is 3.04. The number of alkyl carbamates (subject to hydrolysis) is 1. The van der Waals surface area contributed by atoms with Gasteiger partial charge in [-0.15, -0.1) is 0 Å². The van der Waals surface area contributed by atoms with Gasteiger partial charge in [0.15, 0.2) is 0 Å². The SMILES string of the molecule is CCC(/C=C\CNC(=O)OC(C)(C)C)C(=O)OC.CCOC. The van der Waals surface area contributed by atoms with E-state index in [1.165, 1.54) is 7.11 Å². The van der Waals surface area contributed by atoms with Gasteiger partial charge in [0.2, 0.25) is 0 Å². The van der Waals surface area contributed by atoms with Crippen LogP contribution in [0, 0.1) is 5.92 Å². The minimum Gasteiger partial charge on any atom is -0.469 e. The molecule has 130 valence electrons. The summed E-state index contributed by atoms with van der Waals surface area (Å²) in [5.74, 6) is -0.540. The number of nitrogens with one attached hydrogen (secondary N) is 1. The van der Waals surface area contributed by atoms with Crippen LogP contribution in [0.4, 0.5) is 4.79 Å². The molecule has 0 aromatic carbocycles. The van der Waals surface area contributed by atoms with Crippen LogP contribution in [-0.2, 0) is 19.0 Å². The monoisotopic (exact) mass is 317 g/mol. The quantitative estimate of drug-likeness (QED) is 0.602. The number of carbonyl (C=O) groups excluding carboxylic acids is 2. The van der Waals surface area contributed by atoms with E-state index in [1.54, 1.807) is 40.0 Å². The third kappa shape index (κ3) is 14.8. The Labute approximate surface area is 134 Å². The first-order chi connectivity index (χ1) is 10.2. The normalized spacial score (nSPS) is 12.1. The highest BCUT2D eigenvalue weighted by Gasteiger charge is 2.15. The van der Waals surface area contributed by atoms with Crippen LogP contribution in [0.3, 0.4) is 0 Å². The average Bonchev–Trinajstić information content (AvgIpc) is 2.45. The molecule has 0 radical (unpaired) electrons. The van der Waals surface area contributed by atoms with Gasteiger partial charge in [-0.3, -0.25) is 4.79 Å². The third-order valence-electron chi connectivity index (χ3n) is 2.36. The molecule has 0 saturated carbocycles. The van der Waals surface area contributed by atoms with Crippen molar-refractivity contribution < 1.29 is 23.8 Å². The van der Waals surface area contributed by atoms with E-state index < -0.39 is 11.7 Å². The molecule has 22 heavy (non-hydrogen) atoms. The number of hydrogen-bond donors (Lipinski definition) is 1. The topological polar surface area (TPSA) is 73.9 Å². The summed E-state index contributed by atoms with van der Waals surface area (Å²) in [4.78, 5) is 22.6. The highest BCUT2D eigenvalue weighted by atomic mass is 16.6. The van der Waals surface area contributed by atoms with Gasteiger partial charge in [0.05, 0.1) is 13.0 Å². The number of ether oxygens (including phenoxy) is 3. The lowest BCUT2D eigenvalue weighted by Gasteiger charge is -2.19. The van der Waals surface area contributed by atoms with E-state index in [0.717, 1.165) is 6.61 Å². The smallest absolute Gasteiger partial charge is 0.407 e. The van der Waals surface area contributed by atoms with E-state index in [-0.39, 0.29) is 11.9 Å². The second-order valence-electron chi connectivity index (χ2n) is 5.43. The summed E-state index contributed by atoms with van der Waals surface area (Å²) in [6.45, 7) is 10.4. The average molecular weight is 317 g/mol. The van der Waals surface area contributed by atoms with Crippen molar-refractivity contribution in [3.63, 3.8) is 0 Å². The second kappa shape index (κ2) is 13.1. The van der Waals surface area contributed by atoms with Gasteiger partial charge in [0, 0.05) is 20.3 Å². The highest BCUT2D eigenvalue weighted by molar-refractivity contribution is 5.74. The molecular weight excluding hydrogens is 286 g/mol. The molecule has 0 spiro atoms. The van der Waals surface area contributed by atoms with Crippen molar-refractivity contribution in [2.45, 2.75) is 46.6 Å². The molecule has 0 fully saturated rings. The maximum absolute atomic E-state index is 11.3. The Balaban J connectivity index is 0. The van der Waals surface area contributed by atoms with Crippen LogP contribution in [0.2, 0.25) is 0 Å². The Morgan fingerprint density at radius 2 is 1.73 bits per heavy atom. The molecule has 6 heteroatoms. The molecule has 0 bridgehead atoms. The van der Waals surface area contributed by atoms with Gasteiger partial charge in [0.1, 0.15) is 5.60 Å². The van der Waals surface area contributed by atoms with Crippen LogP contribution in [0.15, 0.2) is 12.2 Å². The zero-order chi connectivity index (χ0) is 17.6. The lowest BCUT2D eigenvalue weighted by molar-refractivity contribution is -0.143. The maximum atomic E-state index is 11.3. The lowest BCUT2D eigenvalue weighted by atomic mass is 10.1. The first-order valence-corrected chi connectivity index (χ1v) is 7.42. The fraction of sp³-hybridized carbons (Fsp3) is 0.750. The Morgan fingerprint density at radius 1 is 1.18 bits per heavy atom. The van der Waals surface area contributed by atoms with Crippen LogP contribution in [0.25, 0.3) is 0 Å². The van der Waals surface area contributed by atoms with E-state index in [0.29, 0.717) is 13.0 Å². The van der Waals surface area contributed by atoms with Gasteiger partial charge in [-0.1, -0.05) is 19.1 Å². The van der Waals surface area contributed by atoms with E-state index in [4.69, 9.17) is 4.74 Å². The van der Waals surface area contributed by atoms with E-state index in [9.17, 15) is 9.59 Å². The molecule has 6 nitrogen and oxygen atoms in total. The largest absolute Gasteiger partial charge is 0.469 e. The summed E-state index contributed by atoms with van der Waals surface area (Å²) in [5.41, 5.74) is -0.508. The molecule has 1 unspecified atom stereocenters. The van der Waals surface area contributed by atoms with Crippen LogP contribution >= 0.6 is 0 Å². The molecule has 1 N–H and O–H groups in total. The van der Waals surface area contributed by atoms with Crippen LogP contribution in [0.1, 0.15) is 41.0 Å². The fourth-order valence-electron chi connectivity index (χ4n) is 1.22. The van der Waals surface area contributed by atoms with Crippen LogP contribution in [0.5, 0.6) is 0 Å². The van der Waals surface area contributed by atoms with Crippen molar-refractivity contribution in [2.75, 3.05) is 27.4 Å². The fourth-order valence-corrected chi connectivity index (χ4v) is 1.22. The van der Waals surface area contributed by atoms with Crippen molar-refractivity contribution in [1.29, 1.82) is 0 Å². The molecule has 0 heterocycles. The second-order valence-corrected chi connectivity index (χ2v) is 5.43. The standard InChI is InChI=1S/C13H23NO4.C3H8O/c1-6-10(11(15)17-5)8-7-9-14-12(16)18-13(2,3)4;1-3-4-2/h7-8,10H,6,9H2,1-5H3,(H,14,16);3H2,1-2H3/b8-7-;. The third-order valence-corrected chi connectivity index (χ3v) is 2.36. The summed E-state index contributed by atoms with van der Waals surface area (Å²) < 4.78 is 14.3. The predicted octanol–water partition coefficient (Wildman–Crippen LogP) is 2.92. The van der Waals surface area contributed by atoms with Crippen LogP contribution < -0.4 is 5.32 Å². The van der Waals surface area contributed by atoms with Gasteiger partial charge < -0.3 is 19.5 Å². The zero-order valence-corrected chi connectivity index (χ0v) is 14.9. The zero-order valence-electron chi connectivity index (χ0n) is 14.9. The van der Waals surface area contributed by atoms with Gasteiger partial charge in [-0.2, -0.15) is 0 Å². The first-order valence-electron chi connectivity index (χ1n) is 7.42. The van der Waals surface area contributed by atoms with Crippen molar-refractivity contribution >= 4 is 12.1 Å². The molecule has 0 aromatic heterocycles. The molecular formula is C16H31NO5. The number of hydrogen-bond acceptors (Lipinski definition) is 5. The number of rotatable bonds is 6. The maximum Gasteiger partial charge on any atom is 0.407 e. The van der Waals surface area contributed by atoms with Crippen molar-refractivity contribution in [2.24, 2.45) is 5.92 Å². The minimum atomic E-state index is -0.508. The van der Waals surface area contributed by atoms with E-state index in [2.05, 4.69) is 14.8 Å². The number of amides is 1. The Kier molecular flexibility index (Phi) is 13.6. The number of methoxy groups -OCH3 is 2. The summed E-state index contributed by atoms with van der Waals surface area (Å²) in [6.07, 6.45) is 3.63. The highest BCUT2D eigenvalue weighted by Crippen LogP contribution is 2.07. The Bertz CT molecular complexity index is 332. The van der Waals surface area contributed by atoms with E-state index in [1.807, 2.05) is 13.8 Å². The van der Waals surface area contributed by atoms with Gasteiger partial charge in [-0.05, 0) is 34.1 Å². The van der Waals surface area contributed by atoms with Gasteiger partial charge >= 0.3 is 12.1 Å². The van der Waals surface area contributed by atoms with Crippen molar-refractivity contribution in [3.05, 3.63) is 12.2 Å². The molecule has 0 saturated heterocycles.